The molecule has 1 aromatic carbocycles. The Balaban J connectivity index is 2.18. The smallest absolute Gasteiger partial charge is 0.0663 e. The normalized spacial score (nSPS) is 13.7. The van der Waals surface area contributed by atoms with Gasteiger partial charge in [0.25, 0.3) is 0 Å². The van der Waals surface area contributed by atoms with Crippen molar-refractivity contribution in [1.82, 2.24) is 15.1 Å². The average Bonchev–Trinajstić information content (AvgIpc) is 2.95. The van der Waals surface area contributed by atoms with E-state index in [1.807, 2.05) is 54.3 Å². The SMILES string of the molecule is C#CC(C)NC(CN)c1cnn(-c2ccccc2)c1. The summed E-state index contributed by atoms with van der Waals surface area (Å²) in [5.41, 5.74) is 7.85. The number of aromatic nitrogens is 2. The third-order valence-corrected chi connectivity index (χ3v) is 2.96. The van der Waals surface area contributed by atoms with Crippen LogP contribution in [0.1, 0.15) is 18.5 Å². The maximum Gasteiger partial charge on any atom is 0.0663 e. The minimum Gasteiger partial charge on any atom is -0.329 e. The van der Waals surface area contributed by atoms with E-state index in [9.17, 15) is 0 Å². The van der Waals surface area contributed by atoms with Gasteiger partial charge in [-0.2, -0.15) is 5.10 Å². The summed E-state index contributed by atoms with van der Waals surface area (Å²) in [5, 5.41) is 7.64. The van der Waals surface area contributed by atoms with Crippen molar-refractivity contribution < 1.29 is 0 Å². The number of nitrogens with zero attached hydrogens (tertiary/aromatic N) is 2. The Kier molecular flexibility index (Phi) is 4.35. The molecule has 2 unspecified atom stereocenters. The first-order valence-corrected chi connectivity index (χ1v) is 6.27. The molecule has 4 heteroatoms. The molecule has 19 heavy (non-hydrogen) atoms. The fraction of sp³-hybridized carbons (Fsp3) is 0.267. The lowest BCUT2D eigenvalue weighted by Crippen LogP contribution is -2.33. The molecule has 2 atom stereocenters. The molecule has 2 aromatic rings. The number of para-hydroxylation sites is 1. The minimum absolute atomic E-state index is 0.0171. The van der Waals surface area contributed by atoms with Crippen LogP contribution in [0.3, 0.4) is 0 Å². The summed E-state index contributed by atoms with van der Waals surface area (Å²) in [6, 6.07) is 9.95. The molecule has 0 aliphatic rings. The lowest BCUT2D eigenvalue weighted by molar-refractivity contribution is 0.518. The second-order valence-corrected chi connectivity index (χ2v) is 4.40. The highest BCUT2D eigenvalue weighted by molar-refractivity contribution is 5.31. The zero-order valence-electron chi connectivity index (χ0n) is 11.0. The zero-order chi connectivity index (χ0) is 13.7. The number of nitrogens with one attached hydrogen (secondary N) is 1. The van der Waals surface area contributed by atoms with Crippen molar-refractivity contribution in [2.75, 3.05) is 6.54 Å². The summed E-state index contributed by atoms with van der Waals surface area (Å²) in [6.45, 7) is 2.41. The van der Waals surface area contributed by atoms with Crippen molar-refractivity contribution in [1.29, 1.82) is 0 Å². The van der Waals surface area contributed by atoms with E-state index in [-0.39, 0.29) is 12.1 Å². The van der Waals surface area contributed by atoms with Crippen molar-refractivity contribution in [2.24, 2.45) is 5.73 Å². The largest absolute Gasteiger partial charge is 0.329 e. The fourth-order valence-corrected chi connectivity index (χ4v) is 1.89. The molecule has 0 aliphatic heterocycles. The number of terminal acetylenes is 1. The van der Waals surface area contributed by atoms with Crippen LogP contribution in [-0.4, -0.2) is 22.4 Å². The molecule has 4 nitrogen and oxygen atoms in total. The fourth-order valence-electron chi connectivity index (χ4n) is 1.89. The molecule has 0 saturated heterocycles. The third-order valence-electron chi connectivity index (χ3n) is 2.96. The number of rotatable bonds is 5. The van der Waals surface area contributed by atoms with E-state index in [1.54, 1.807) is 0 Å². The Labute approximate surface area is 113 Å². The lowest BCUT2D eigenvalue weighted by Gasteiger charge is -2.17. The summed E-state index contributed by atoms with van der Waals surface area (Å²) in [6.07, 6.45) is 9.17. The first-order chi connectivity index (χ1) is 9.24. The van der Waals surface area contributed by atoms with Crippen LogP contribution in [-0.2, 0) is 0 Å². The van der Waals surface area contributed by atoms with Crippen LogP contribution < -0.4 is 11.1 Å². The second-order valence-electron chi connectivity index (χ2n) is 4.40. The molecule has 0 bridgehead atoms. The molecule has 98 valence electrons. The van der Waals surface area contributed by atoms with Crippen molar-refractivity contribution in [3.8, 4) is 18.0 Å². The van der Waals surface area contributed by atoms with E-state index in [2.05, 4.69) is 16.3 Å². The van der Waals surface area contributed by atoms with E-state index in [0.29, 0.717) is 6.54 Å². The van der Waals surface area contributed by atoms with Gasteiger partial charge in [-0.1, -0.05) is 24.1 Å². The Morgan fingerprint density at radius 3 is 2.79 bits per heavy atom. The van der Waals surface area contributed by atoms with E-state index in [1.165, 1.54) is 0 Å². The first kappa shape index (κ1) is 13.3. The standard InChI is InChI=1S/C15H18N4/c1-3-12(2)18-15(9-16)13-10-17-19(11-13)14-7-5-4-6-8-14/h1,4-8,10-12,15,18H,9,16H2,2H3. The Morgan fingerprint density at radius 1 is 1.42 bits per heavy atom. The predicted molar refractivity (Wildman–Crippen MR) is 76.8 cm³/mol. The summed E-state index contributed by atoms with van der Waals surface area (Å²) in [4.78, 5) is 0. The molecular weight excluding hydrogens is 236 g/mol. The topological polar surface area (TPSA) is 55.9 Å². The Hall–Kier alpha value is -2.09. The quantitative estimate of drug-likeness (QED) is 0.795. The van der Waals surface area contributed by atoms with Gasteiger partial charge in [0, 0.05) is 24.3 Å². The van der Waals surface area contributed by atoms with Crippen molar-refractivity contribution in [3.63, 3.8) is 0 Å². The van der Waals surface area contributed by atoms with Crippen LogP contribution in [0.4, 0.5) is 0 Å². The van der Waals surface area contributed by atoms with Gasteiger partial charge in [0.2, 0.25) is 0 Å². The van der Waals surface area contributed by atoms with Crippen LogP contribution in [0.2, 0.25) is 0 Å². The van der Waals surface area contributed by atoms with Gasteiger partial charge in [-0.15, -0.1) is 6.42 Å². The Morgan fingerprint density at radius 2 is 2.16 bits per heavy atom. The lowest BCUT2D eigenvalue weighted by atomic mass is 10.1. The van der Waals surface area contributed by atoms with Crippen molar-refractivity contribution >= 4 is 0 Å². The zero-order valence-corrected chi connectivity index (χ0v) is 11.0. The van der Waals surface area contributed by atoms with E-state index >= 15 is 0 Å². The highest BCUT2D eigenvalue weighted by atomic mass is 15.3. The molecular formula is C15H18N4. The van der Waals surface area contributed by atoms with Gasteiger partial charge in [0.05, 0.1) is 17.9 Å². The molecule has 0 spiro atoms. The second kappa shape index (κ2) is 6.19. The number of hydrogen-bond donors (Lipinski definition) is 2. The number of hydrogen-bond acceptors (Lipinski definition) is 3. The van der Waals surface area contributed by atoms with E-state index < -0.39 is 0 Å². The van der Waals surface area contributed by atoms with Gasteiger partial charge in [0.1, 0.15) is 0 Å². The maximum absolute atomic E-state index is 5.79. The van der Waals surface area contributed by atoms with Crippen LogP contribution in [0.25, 0.3) is 5.69 Å². The minimum atomic E-state index is -0.0198. The third kappa shape index (κ3) is 3.22. The summed E-state index contributed by atoms with van der Waals surface area (Å²) in [5.74, 6) is 2.64. The molecule has 1 aromatic heterocycles. The molecule has 1 heterocycles. The predicted octanol–water partition coefficient (Wildman–Crippen LogP) is 1.48. The maximum atomic E-state index is 5.79. The van der Waals surface area contributed by atoms with Gasteiger partial charge in [-0.05, 0) is 19.1 Å². The molecule has 0 amide bonds. The first-order valence-electron chi connectivity index (χ1n) is 6.27. The number of benzene rings is 1. The summed E-state index contributed by atoms with van der Waals surface area (Å²) in [7, 11) is 0. The van der Waals surface area contributed by atoms with E-state index in [0.717, 1.165) is 11.3 Å². The van der Waals surface area contributed by atoms with Gasteiger partial charge < -0.3 is 5.73 Å². The van der Waals surface area contributed by atoms with Crippen LogP contribution in [0.5, 0.6) is 0 Å². The number of nitrogens with two attached hydrogens (primary N) is 1. The van der Waals surface area contributed by atoms with Gasteiger partial charge in [-0.25, -0.2) is 4.68 Å². The highest BCUT2D eigenvalue weighted by Gasteiger charge is 2.13. The van der Waals surface area contributed by atoms with Crippen LogP contribution >= 0.6 is 0 Å². The highest BCUT2D eigenvalue weighted by Crippen LogP contribution is 2.14. The molecule has 0 saturated carbocycles. The van der Waals surface area contributed by atoms with Crippen LogP contribution in [0, 0.1) is 12.3 Å². The molecule has 0 fully saturated rings. The van der Waals surface area contributed by atoms with Gasteiger partial charge in [0.15, 0.2) is 0 Å². The van der Waals surface area contributed by atoms with Crippen molar-refractivity contribution in [3.05, 3.63) is 48.3 Å². The van der Waals surface area contributed by atoms with Gasteiger partial charge >= 0.3 is 0 Å². The molecule has 0 radical (unpaired) electrons. The van der Waals surface area contributed by atoms with Crippen molar-refractivity contribution in [2.45, 2.75) is 19.0 Å². The van der Waals surface area contributed by atoms with E-state index in [4.69, 9.17) is 12.2 Å². The van der Waals surface area contributed by atoms with Gasteiger partial charge in [-0.3, -0.25) is 5.32 Å². The summed E-state index contributed by atoms with van der Waals surface area (Å²) >= 11 is 0. The molecule has 3 N–H and O–H groups in total. The van der Waals surface area contributed by atoms with Crippen LogP contribution in [0.15, 0.2) is 42.7 Å². The average molecular weight is 254 g/mol. The Bertz CT molecular complexity index is 553. The summed E-state index contributed by atoms with van der Waals surface area (Å²) < 4.78 is 1.83. The molecule has 0 aliphatic carbocycles. The monoisotopic (exact) mass is 254 g/mol. The molecule has 2 rings (SSSR count).